The van der Waals surface area contributed by atoms with Crippen LogP contribution >= 0.6 is 0 Å². The van der Waals surface area contributed by atoms with Crippen molar-refractivity contribution >= 4 is 17.9 Å². The summed E-state index contributed by atoms with van der Waals surface area (Å²) in [5.74, 6) is 0.255. The largest absolute Gasteiger partial charge is 0.505 e. The second kappa shape index (κ2) is 10.9. The maximum atomic E-state index is 12.7. The van der Waals surface area contributed by atoms with Gasteiger partial charge in [0, 0.05) is 6.42 Å². The Balaban J connectivity index is 1.98. The molecule has 1 amide bonds. The molecule has 138 valence electrons. The van der Waals surface area contributed by atoms with Gasteiger partial charge >= 0.3 is 0 Å². The fourth-order valence-electron chi connectivity index (χ4n) is 3.77. The van der Waals surface area contributed by atoms with Crippen LogP contribution in [0.3, 0.4) is 0 Å². The Morgan fingerprint density at radius 3 is 2.12 bits per heavy atom. The summed E-state index contributed by atoms with van der Waals surface area (Å²) in [4.78, 5) is 23.3. The molecule has 0 atom stereocenters. The zero-order valence-corrected chi connectivity index (χ0v) is 15.1. The molecule has 4 heteroatoms. The van der Waals surface area contributed by atoms with Crippen molar-refractivity contribution in [3.8, 4) is 5.75 Å². The summed E-state index contributed by atoms with van der Waals surface area (Å²) >= 11 is 0. The quantitative estimate of drug-likeness (QED) is 0.423. The van der Waals surface area contributed by atoms with Gasteiger partial charge in [-0.25, -0.2) is 0 Å². The summed E-state index contributed by atoms with van der Waals surface area (Å²) in [6.07, 6.45) is 14.7. The average molecular weight is 345 g/mol. The van der Waals surface area contributed by atoms with Crippen LogP contribution in [0.2, 0.25) is 0 Å². The maximum Gasteiger partial charge on any atom is 0.211 e. The van der Waals surface area contributed by atoms with Crippen LogP contribution in [0.5, 0.6) is 5.75 Å². The first-order valence-electron chi connectivity index (χ1n) is 9.77. The van der Waals surface area contributed by atoms with Crippen molar-refractivity contribution in [1.29, 1.82) is 0 Å². The number of carbonyl (C=O) groups excluding carboxylic acids is 2. The van der Waals surface area contributed by atoms with Crippen LogP contribution in [-0.4, -0.2) is 17.3 Å². The molecule has 0 aliphatic heterocycles. The number of anilines is 1. The van der Waals surface area contributed by atoms with Gasteiger partial charge in [0.15, 0.2) is 5.78 Å². The molecule has 0 heterocycles. The monoisotopic (exact) mass is 345 g/mol. The number of hydrogen-bond acceptors (Lipinski definition) is 3. The lowest BCUT2D eigenvalue weighted by Crippen LogP contribution is -2.10. The number of phenolic OH excluding ortho intramolecular Hbond substituents is 1. The Kier molecular flexibility index (Phi) is 8.50. The van der Waals surface area contributed by atoms with E-state index in [9.17, 15) is 14.7 Å². The number of ketones is 1. The van der Waals surface area contributed by atoms with Gasteiger partial charge in [-0.05, 0) is 18.1 Å². The van der Waals surface area contributed by atoms with Gasteiger partial charge in [-0.1, -0.05) is 76.7 Å². The van der Waals surface area contributed by atoms with Gasteiger partial charge in [0.1, 0.15) is 5.75 Å². The number of nitrogens with one attached hydrogen (secondary N) is 1. The Labute approximate surface area is 151 Å². The highest BCUT2D eigenvalue weighted by molar-refractivity contribution is 6.01. The number of carbonyl (C=O) groups is 2. The number of amides is 1. The molecule has 1 aromatic carbocycles. The van der Waals surface area contributed by atoms with Crippen LogP contribution in [-0.2, 0) is 4.79 Å². The average Bonchev–Trinajstić information content (AvgIpc) is 2.59. The van der Waals surface area contributed by atoms with E-state index >= 15 is 0 Å². The Hall–Kier alpha value is -1.84. The number of benzene rings is 1. The Morgan fingerprint density at radius 1 is 1.00 bits per heavy atom. The van der Waals surface area contributed by atoms with Gasteiger partial charge in [0.2, 0.25) is 6.41 Å². The first-order chi connectivity index (χ1) is 12.2. The summed E-state index contributed by atoms with van der Waals surface area (Å²) in [6.45, 7) is 0. The first-order valence-corrected chi connectivity index (χ1v) is 9.77. The molecule has 0 bridgehead atoms. The normalized spacial score (nSPS) is 17.9. The molecule has 25 heavy (non-hydrogen) atoms. The second-order valence-electron chi connectivity index (χ2n) is 7.22. The topological polar surface area (TPSA) is 66.4 Å². The molecule has 0 spiro atoms. The van der Waals surface area contributed by atoms with E-state index in [0.29, 0.717) is 30.0 Å². The van der Waals surface area contributed by atoms with Crippen molar-refractivity contribution in [3.05, 3.63) is 23.8 Å². The third kappa shape index (κ3) is 6.52. The molecule has 0 saturated heterocycles. The minimum atomic E-state index is -0.118. The molecule has 0 aromatic heterocycles. The first kappa shape index (κ1) is 19.5. The molecule has 1 aliphatic carbocycles. The van der Waals surface area contributed by atoms with E-state index in [-0.39, 0.29) is 11.5 Å². The highest BCUT2D eigenvalue weighted by Gasteiger charge is 2.19. The lowest BCUT2D eigenvalue weighted by Gasteiger charge is -2.18. The molecule has 1 saturated carbocycles. The van der Waals surface area contributed by atoms with Crippen molar-refractivity contribution in [1.82, 2.24) is 0 Å². The molecule has 1 fully saturated rings. The summed E-state index contributed by atoms with van der Waals surface area (Å²) in [7, 11) is 0. The van der Waals surface area contributed by atoms with Gasteiger partial charge in [-0.2, -0.15) is 0 Å². The van der Waals surface area contributed by atoms with Crippen molar-refractivity contribution in [2.75, 3.05) is 5.32 Å². The number of rotatable bonds is 5. The highest BCUT2D eigenvalue weighted by atomic mass is 16.3. The molecular formula is C21H31NO3. The van der Waals surface area contributed by atoms with Crippen molar-refractivity contribution in [3.63, 3.8) is 0 Å². The van der Waals surface area contributed by atoms with Crippen LogP contribution < -0.4 is 5.32 Å². The van der Waals surface area contributed by atoms with Gasteiger partial charge in [0.25, 0.3) is 0 Å². The molecular weight excluding hydrogens is 314 g/mol. The molecule has 1 aromatic rings. The molecule has 2 N–H and O–H groups in total. The van der Waals surface area contributed by atoms with Gasteiger partial charge in [-0.15, -0.1) is 0 Å². The van der Waals surface area contributed by atoms with Gasteiger partial charge in [-0.3, -0.25) is 9.59 Å². The fraction of sp³-hybridized carbons (Fsp3) is 0.619. The minimum absolute atomic E-state index is 0.0239. The van der Waals surface area contributed by atoms with E-state index < -0.39 is 0 Å². The Morgan fingerprint density at radius 2 is 1.56 bits per heavy atom. The number of aromatic hydroxyl groups is 1. The number of phenols is 1. The van der Waals surface area contributed by atoms with E-state index in [1.54, 1.807) is 18.2 Å². The summed E-state index contributed by atoms with van der Waals surface area (Å²) < 4.78 is 0. The lowest BCUT2D eigenvalue weighted by molar-refractivity contribution is -0.105. The van der Waals surface area contributed by atoms with Crippen LogP contribution in [0.4, 0.5) is 5.69 Å². The predicted octanol–water partition coefficient (Wildman–Crippen LogP) is 5.45. The summed E-state index contributed by atoms with van der Waals surface area (Å²) in [5.41, 5.74) is 0.609. The summed E-state index contributed by atoms with van der Waals surface area (Å²) in [6, 6.07) is 4.93. The molecule has 1 aliphatic rings. The van der Waals surface area contributed by atoms with Gasteiger partial charge in [0.05, 0.1) is 11.3 Å². The predicted molar refractivity (Wildman–Crippen MR) is 101 cm³/mol. The fourth-order valence-corrected chi connectivity index (χ4v) is 3.77. The van der Waals surface area contributed by atoms with Gasteiger partial charge < -0.3 is 10.4 Å². The molecule has 2 rings (SSSR count). The van der Waals surface area contributed by atoms with Crippen LogP contribution in [0.1, 0.15) is 87.4 Å². The lowest BCUT2D eigenvalue weighted by atomic mass is 9.87. The molecule has 0 unspecified atom stereocenters. The standard InChI is InChI=1S/C21H31NO3/c23-16-22-19-14-10-13-18(21(19)25)20(24)15-17-11-8-6-4-2-1-3-5-7-9-12-17/h10,13-14,16-17,25H,1-9,11-12,15H2,(H,22,23). The van der Waals surface area contributed by atoms with Crippen molar-refractivity contribution in [2.24, 2.45) is 5.92 Å². The van der Waals surface area contributed by atoms with Crippen LogP contribution in [0.25, 0.3) is 0 Å². The SMILES string of the molecule is O=CNc1cccc(C(=O)CC2CCCCCCCCCCC2)c1O. The van der Waals surface area contributed by atoms with E-state index in [4.69, 9.17) is 0 Å². The zero-order valence-electron chi connectivity index (χ0n) is 15.1. The van der Waals surface area contributed by atoms with E-state index in [0.717, 1.165) is 12.8 Å². The van der Waals surface area contributed by atoms with E-state index in [1.165, 1.54) is 57.8 Å². The number of hydrogen-bond donors (Lipinski definition) is 2. The molecule has 4 nitrogen and oxygen atoms in total. The van der Waals surface area contributed by atoms with Crippen LogP contribution in [0, 0.1) is 5.92 Å². The zero-order chi connectivity index (χ0) is 17.9. The Bertz CT molecular complexity index is 544. The van der Waals surface area contributed by atoms with E-state index in [2.05, 4.69) is 5.32 Å². The van der Waals surface area contributed by atoms with Crippen LogP contribution in [0.15, 0.2) is 18.2 Å². The smallest absolute Gasteiger partial charge is 0.211 e. The third-order valence-electron chi connectivity index (χ3n) is 5.25. The van der Waals surface area contributed by atoms with Crippen molar-refractivity contribution < 1.29 is 14.7 Å². The highest BCUT2D eigenvalue weighted by Crippen LogP contribution is 2.31. The minimum Gasteiger partial charge on any atom is -0.505 e. The number of Topliss-reactive ketones (excluding diaryl/α,β-unsaturated/α-hetero) is 1. The van der Waals surface area contributed by atoms with E-state index in [1.807, 2.05) is 0 Å². The second-order valence-corrected chi connectivity index (χ2v) is 7.22. The third-order valence-corrected chi connectivity index (χ3v) is 5.25. The maximum absolute atomic E-state index is 12.7. The summed E-state index contributed by atoms with van der Waals surface area (Å²) in [5, 5.41) is 12.7. The van der Waals surface area contributed by atoms with Crippen molar-refractivity contribution in [2.45, 2.75) is 77.0 Å². The molecule has 0 radical (unpaired) electrons. The number of para-hydroxylation sites is 1.